The SMILES string of the molecule is CCCCNC(=NCc1nnc(C)n1C)NC[C@H]1CCCN1CC(C)C. The highest BCUT2D eigenvalue weighted by Gasteiger charge is 2.24. The summed E-state index contributed by atoms with van der Waals surface area (Å²) >= 11 is 0. The van der Waals surface area contributed by atoms with Gasteiger partial charge in [-0.05, 0) is 38.6 Å². The second-order valence-electron chi connectivity index (χ2n) is 7.73. The topological polar surface area (TPSA) is 70.4 Å². The number of nitrogens with zero attached hydrogens (tertiary/aromatic N) is 5. The quantitative estimate of drug-likeness (QED) is 0.399. The fraction of sp³-hybridized carbons (Fsp3) is 0.842. The molecule has 0 bridgehead atoms. The van der Waals surface area contributed by atoms with Gasteiger partial charge in [-0.15, -0.1) is 10.2 Å². The summed E-state index contributed by atoms with van der Waals surface area (Å²) < 4.78 is 1.99. The molecule has 1 atom stereocenters. The molecular weight excluding hydrogens is 326 g/mol. The largest absolute Gasteiger partial charge is 0.356 e. The van der Waals surface area contributed by atoms with E-state index in [4.69, 9.17) is 4.99 Å². The first-order valence-corrected chi connectivity index (χ1v) is 10.1. The van der Waals surface area contributed by atoms with E-state index in [1.165, 1.54) is 32.4 Å². The van der Waals surface area contributed by atoms with E-state index in [-0.39, 0.29) is 0 Å². The molecule has 1 aliphatic heterocycles. The normalized spacial score (nSPS) is 18.7. The van der Waals surface area contributed by atoms with Crippen LogP contribution in [0.1, 0.15) is 58.1 Å². The molecule has 0 spiro atoms. The summed E-state index contributed by atoms with van der Waals surface area (Å²) in [4.78, 5) is 7.36. The van der Waals surface area contributed by atoms with Gasteiger partial charge in [0.25, 0.3) is 0 Å². The van der Waals surface area contributed by atoms with E-state index in [1.54, 1.807) is 0 Å². The Hall–Kier alpha value is -1.63. The van der Waals surface area contributed by atoms with Gasteiger partial charge in [-0.1, -0.05) is 27.2 Å². The molecule has 7 nitrogen and oxygen atoms in total. The zero-order valence-electron chi connectivity index (χ0n) is 17.3. The van der Waals surface area contributed by atoms with Crippen LogP contribution >= 0.6 is 0 Å². The van der Waals surface area contributed by atoms with Crippen molar-refractivity contribution in [2.75, 3.05) is 26.2 Å². The van der Waals surface area contributed by atoms with Crippen molar-refractivity contribution in [1.29, 1.82) is 0 Å². The van der Waals surface area contributed by atoms with Crippen LogP contribution in [0.2, 0.25) is 0 Å². The molecule has 0 aliphatic carbocycles. The Balaban J connectivity index is 1.93. The molecule has 1 aromatic heterocycles. The standard InChI is InChI=1S/C19H37N7/c1-6-7-10-20-19(22-13-18-24-23-16(4)25(18)5)21-12-17-9-8-11-26(17)14-15(2)3/h15,17H,6-14H2,1-5H3,(H2,20,21,22)/t17-/m1/s1. The van der Waals surface area contributed by atoms with Crippen LogP contribution in [-0.2, 0) is 13.6 Å². The Morgan fingerprint density at radius 3 is 2.77 bits per heavy atom. The number of unbranched alkanes of at least 4 members (excludes halogenated alkanes) is 1. The maximum absolute atomic E-state index is 4.74. The lowest BCUT2D eigenvalue weighted by atomic mass is 10.1. The molecule has 0 saturated carbocycles. The van der Waals surface area contributed by atoms with Crippen LogP contribution in [0.25, 0.3) is 0 Å². The smallest absolute Gasteiger partial charge is 0.191 e. The minimum atomic E-state index is 0.541. The molecule has 0 radical (unpaired) electrons. The Morgan fingerprint density at radius 1 is 1.31 bits per heavy atom. The van der Waals surface area contributed by atoms with Gasteiger partial charge in [0.1, 0.15) is 12.4 Å². The molecule has 26 heavy (non-hydrogen) atoms. The Bertz CT molecular complexity index is 564. The summed E-state index contributed by atoms with van der Waals surface area (Å²) in [7, 11) is 1.99. The van der Waals surface area contributed by atoms with Crippen LogP contribution < -0.4 is 10.6 Å². The zero-order valence-corrected chi connectivity index (χ0v) is 17.3. The molecule has 7 heteroatoms. The second kappa shape index (κ2) is 10.5. The van der Waals surface area contributed by atoms with Crippen molar-refractivity contribution in [1.82, 2.24) is 30.3 Å². The van der Waals surface area contributed by atoms with Gasteiger partial charge in [0.2, 0.25) is 0 Å². The maximum atomic E-state index is 4.74. The lowest BCUT2D eigenvalue weighted by Gasteiger charge is -2.27. The van der Waals surface area contributed by atoms with Crippen molar-refractivity contribution >= 4 is 5.96 Å². The van der Waals surface area contributed by atoms with E-state index in [9.17, 15) is 0 Å². The molecule has 1 aromatic rings. The van der Waals surface area contributed by atoms with Crippen molar-refractivity contribution in [2.45, 2.75) is 66.0 Å². The van der Waals surface area contributed by atoms with Gasteiger partial charge in [0.15, 0.2) is 11.8 Å². The number of aryl methyl sites for hydroxylation is 1. The first kappa shape index (κ1) is 20.7. The van der Waals surface area contributed by atoms with Crippen LogP contribution in [0.5, 0.6) is 0 Å². The van der Waals surface area contributed by atoms with Gasteiger partial charge < -0.3 is 15.2 Å². The summed E-state index contributed by atoms with van der Waals surface area (Å²) in [6.45, 7) is 13.6. The highest BCUT2D eigenvalue weighted by atomic mass is 15.3. The third-order valence-electron chi connectivity index (χ3n) is 4.99. The zero-order chi connectivity index (χ0) is 18.9. The van der Waals surface area contributed by atoms with Gasteiger partial charge in [-0.2, -0.15) is 0 Å². The fourth-order valence-electron chi connectivity index (χ4n) is 3.35. The number of aliphatic imine (C=N–C) groups is 1. The molecule has 1 aliphatic rings. The van der Waals surface area contributed by atoms with Gasteiger partial charge >= 0.3 is 0 Å². The van der Waals surface area contributed by atoms with Crippen molar-refractivity contribution in [3.63, 3.8) is 0 Å². The lowest BCUT2D eigenvalue weighted by Crippen LogP contribution is -2.45. The van der Waals surface area contributed by atoms with E-state index in [0.717, 1.165) is 37.1 Å². The number of guanidine groups is 1. The maximum Gasteiger partial charge on any atom is 0.191 e. The van der Waals surface area contributed by atoms with Crippen molar-refractivity contribution in [3.05, 3.63) is 11.6 Å². The Labute approximate surface area is 158 Å². The number of likely N-dealkylation sites (tertiary alicyclic amines) is 1. The number of rotatable bonds is 9. The Morgan fingerprint density at radius 2 is 2.12 bits per heavy atom. The molecular formula is C19H37N7. The number of hydrogen-bond acceptors (Lipinski definition) is 4. The molecule has 1 saturated heterocycles. The molecule has 0 unspecified atom stereocenters. The van der Waals surface area contributed by atoms with Crippen LogP contribution in [0.3, 0.4) is 0 Å². The molecule has 0 amide bonds. The third kappa shape index (κ3) is 6.27. The van der Waals surface area contributed by atoms with Gasteiger partial charge in [-0.25, -0.2) is 4.99 Å². The van der Waals surface area contributed by atoms with Gasteiger partial charge in [0, 0.05) is 32.7 Å². The summed E-state index contributed by atoms with van der Waals surface area (Å²) in [5.41, 5.74) is 0. The van der Waals surface area contributed by atoms with Crippen molar-refractivity contribution in [3.8, 4) is 0 Å². The van der Waals surface area contributed by atoms with E-state index in [0.29, 0.717) is 18.5 Å². The van der Waals surface area contributed by atoms with E-state index in [1.807, 2.05) is 18.5 Å². The summed E-state index contributed by atoms with van der Waals surface area (Å²) in [6.07, 6.45) is 4.89. The van der Waals surface area contributed by atoms with Crippen molar-refractivity contribution < 1.29 is 0 Å². The average molecular weight is 364 g/mol. The van der Waals surface area contributed by atoms with Gasteiger partial charge in [0.05, 0.1) is 0 Å². The first-order chi connectivity index (χ1) is 12.5. The molecule has 2 heterocycles. The molecule has 2 rings (SSSR count). The second-order valence-corrected chi connectivity index (χ2v) is 7.73. The number of nitrogens with one attached hydrogen (secondary N) is 2. The van der Waals surface area contributed by atoms with Crippen LogP contribution in [-0.4, -0.2) is 57.8 Å². The fourth-order valence-corrected chi connectivity index (χ4v) is 3.35. The van der Waals surface area contributed by atoms with Crippen LogP contribution in [0.4, 0.5) is 0 Å². The third-order valence-corrected chi connectivity index (χ3v) is 4.99. The van der Waals surface area contributed by atoms with Crippen LogP contribution in [0.15, 0.2) is 4.99 Å². The first-order valence-electron chi connectivity index (χ1n) is 10.1. The number of hydrogen-bond donors (Lipinski definition) is 2. The van der Waals surface area contributed by atoms with E-state index >= 15 is 0 Å². The number of aromatic nitrogens is 3. The average Bonchev–Trinajstić information content (AvgIpc) is 3.17. The summed E-state index contributed by atoms with van der Waals surface area (Å²) in [5, 5.41) is 15.3. The lowest BCUT2D eigenvalue weighted by molar-refractivity contribution is 0.226. The van der Waals surface area contributed by atoms with E-state index in [2.05, 4.69) is 46.5 Å². The molecule has 0 aromatic carbocycles. The minimum absolute atomic E-state index is 0.541. The highest BCUT2D eigenvalue weighted by Crippen LogP contribution is 2.17. The minimum Gasteiger partial charge on any atom is -0.356 e. The monoisotopic (exact) mass is 363 g/mol. The summed E-state index contributed by atoms with van der Waals surface area (Å²) in [6, 6.07) is 0.604. The predicted octanol–water partition coefficient (Wildman–Crippen LogP) is 2.08. The molecule has 1 fully saturated rings. The molecule has 148 valence electrons. The summed E-state index contributed by atoms with van der Waals surface area (Å²) in [5.74, 6) is 3.40. The van der Waals surface area contributed by atoms with Crippen LogP contribution in [0, 0.1) is 12.8 Å². The predicted molar refractivity (Wildman–Crippen MR) is 107 cm³/mol. The van der Waals surface area contributed by atoms with Crippen molar-refractivity contribution in [2.24, 2.45) is 18.0 Å². The Kier molecular flexibility index (Phi) is 8.35. The van der Waals surface area contributed by atoms with E-state index < -0.39 is 0 Å². The highest BCUT2D eigenvalue weighted by molar-refractivity contribution is 5.79. The van der Waals surface area contributed by atoms with Gasteiger partial charge in [-0.3, -0.25) is 4.90 Å². The molecule has 2 N–H and O–H groups in total.